The van der Waals surface area contributed by atoms with Crippen LogP contribution >= 0.6 is 11.3 Å². The fourth-order valence-corrected chi connectivity index (χ4v) is 4.28. The fraction of sp³-hybridized carbons (Fsp3) is 0.250. The zero-order valence-corrected chi connectivity index (χ0v) is 15.8. The number of aromatic nitrogens is 2. The summed E-state index contributed by atoms with van der Waals surface area (Å²) in [6.45, 7) is 2.85. The molecule has 0 radical (unpaired) electrons. The van der Waals surface area contributed by atoms with Gasteiger partial charge in [-0.1, -0.05) is 13.0 Å². The standard InChI is InChI=1S/C20H20N4O2S/c1-2-17-16-8-12-27-18(16)7-11-24(17)20(25)23-14-5-3-6-15(13-14)26-19-21-9-4-10-22-19/h3-6,8-10,12-13,17H,2,7,11H2,1H3,(H,23,25). The van der Waals surface area contributed by atoms with Crippen molar-refractivity contribution in [2.24, 2.45) is 0 Å². The van der Waals surface area contributed by atoms with Crippen molar-refractivity contribution in [3.05, 3.63) is 64.6 Å². The second kappa shape index (κ2) is 7.75. The molecular weight excluding hydrogens is 360 g/mol. The van der Waals surface area contributed by atoms with Gasteiger partial charge in [-0.25, -0.2) is 14.8 Å². The zero-order valence-electron chi connectivity index (χ0n) is 15.0. The summed E-state index contributed by atoms with van der Waals surface area (Å²) in [6.07, 6.45) is 5.04. The number of hydrogen-bond acceptors (Lipinski definition) is 5. The summed E-state index contributed by atoms with van der Waals surface area (Å²) >= 11 is 1.78. The second-order valence-electron chi connectivity index (χ2n) is 6.26. The number of nitrogens with zero attached hydrogens (tertiary/aromatic N) is 3. The number of anilines is 1. The highest BCUT2D eigenvalue weighted by molar-refractivity contribution is 7.10. The topological polar surface area (TPSA) is 67.4 Å². The minimum absolute atomic E-state index is 0.0909. The number of ether oxygens (including phenoxy) is 1. The van der Waals surface area contributed by atoms with E-state index in [1.54, 1.807) is 41.9 Å². The molecule has 138 valence electrons. The smallest absolute Gasteiger partial charge is 0.322 e. The highest BCUT2D eigenvalue weighted by atomic mass is 32.1. The molecule has 1 aliphatic rings. The molecule has 2 aromatic heterocycles. The quantitative estimate of drug-likeness (QED) is 0.701. The van der Waals surface area contributed by atoms with Crippen molar-refractivity contribution in [2.45, 2.75) is 25.8 Å². The molecule has 1 unspecified atom stereocenters. The maximum atomic E-state index is 12.9. The van der Waals surface area contributed by atoms with E-state index in [0.29, 0.717) is 11.4 Å². The molecule has 27 heavy (non-hydrogen) atoms. The van der Waals surface area contributed by atoms with Gasteiger partial charge in [-0.2, -0.15) is 0 Å². The van der Waals surface area contributed by atoms with Crippen molar-refractivity contribution in [2.75, 3.05) is 11.9 Å². The Hall–Kier alpha value is -2.93. The molecule has 1 aromatic carbocycles. The lowest BCUT2D eigenvalue weighted by Crippen LogP contribution is -2.41. The summed E-state index contributed by atoms with van der Waals surface area (Å²) in [5, 5.41) is 5.11. The van der Waals surface area contributed by atoms with Crippen LogP contribution in [0.4, 0.5) is 10.5 Å². The minimum Gasteiger partial charge on any atom is -0.424 e. The Morgan fingerprint density at radius 1 is 1.30 bits per heavy atom. The highest BCUT2D eigenvalue weighted by Gasteiger charge is 2.30. The Balaban J connectivity index is 1.47. The second-order valence-corrected chi connectivity index (χ2v) is 7.26. The summed E-state index contributed by atoms with van der Waals surface area (Å²) in [5.74, 6) is 0.574. The number of nitrogens with one attached hydrogen (secondary N) is 1. The van der Waals surface area contributed by atoms with Crippen LogP contribution in [-0.2, 0) is 6.42 Å². The summed E-state index contributed by atoms with van der Waals surface area (Å²) in [4.78, 5) is 24.3. The lowest BCUT2D eigenvalue weighted by molar-refractivity contribution is 0.181. The van der Waals surface area contributed by atoms with Crippen LogP contribution < -0.4 is 10.1 Å². The van der Waals surface area contributed by atoms with Crippen molar-refractivity contribution in [3.63, 3.8) is 0 Å². The van der Waals surface area contributed by atoms with E-state index in [4.69, 9.17) is 4.74 Å². The molecule has 0 bridgehead atoms. The van der Waals surface area contributed by atoms with Crippen LogP contribution in [0.1, 0.15) is 29.8 Å². The number of thiophene rings is 1. The van der Waals surface area contributed by atoms with Gasteiger partial charge in [-0.15, -0.1) is 11.3 Å². The third-order valence-corrected chi connectivity index (χ3v) is 5.58. The molecule has 0 fully saturated rings. The molecule has 0 aliphatic carbocycles. The Morgan fingerprint density at radius 3 is 2.96 bits per heavy atom. The number of carbonyl (C=O) groups excluding carboxylic acids is 1. The van der Waals surface area contributed by atoms with Gasteiger partial charge in [0.15, 0.2) is 0 Å². The monoisotopic (exact) mass is 380 g/mol. The number of urea groups is 1. The molecule has 6 nitrogen and oxygen atoms in total. The van der Waals surface area contributed by atoms with Crippen LogP contribution in [0.3, 0.4) is 0 Å². The fourth-order valence-electron chi connectivity index (χ4n) is 3.36. The van der Waals surface area contributed by atoms with E-state index < -0.39 is 0 Å². The van der Waals surface area contributed by atoms with E-state index >= 15 is 0 Å². The van der Waals surface area contributed by atoms with E-state index in [0.717, 1.165) is 19.4 Å². The lowest BCUT2D eigenvalue weighted by atomic mass is 9.98. The molecule has 3 aromatic rings. The molecule has 3 heterocycles. The summed E-state index contributed by atoms with van der Waals surface area (Å²) < 4.78 is 5.64. The van der Waals surface area contributed by atoms with Crippen LogP contribution in [0, 0.1) is 0 Å². The molecule has 1 aliphatic heterocycles. The van der Waals surface area contributed by atoms with Gasteiger partial charge in [0.2, 0.25) is 0 Å². The third-order valence-electron chi connectivity index (χ3n) is 4.58. The van der Waals surface area contributed by atoms with E-state index in [1.807, 2.05) is 17.0 Å². The van der Waals surface area contributed by atoms with Crippen LogP contribution in [0.2, 0.25) is 0 Å². The molecule has 7 heteroatoms. The number of benzene rings is 1. The van der Waals surface area contributed by atoms with Gasteiger partial charge in [0.05, 0.1) is 6.04 Å². The van der Waals surface area contributed by atoms with Gasteiger partial charge in [0, 0.05) is 35.6 Å². The molecule has 0 saturated carbocycles. The summed E-state index contributed by atoms with van der Waals surface area (Å²) in [5.41, 5.74) is 1.96. The van der Waals surface area contributed by atoms with Gasteiger partial charge in [0.1, 0.15) is 5.75 Å². The highest BCUT2D eigenvalue weighted by Crippen LogP contribution is 2.35. The average molecular weight is 380 g/mol. The Bertz CT molecular complexity index is 928. The van der Waals surface area contributed by atoms with E-state index in [1.165, 1.54) is 10.4 Å². The maximum Gasteiger partial charge on any atom is 0.322 e. The van der Waals surface area contributed by atoms with Crippen molar-refractivity contribution in [1.29, 1.82) is 0 Å². The largest absolute Gasteiger partial charge is 0.424 e. The first-order chi connectivity index (χ1) is 13.2. The third kappa shape index (κ3) is 3.78. The molecule has 0 spiro atoms. The van der Waals surface area contributed by atoms with Crippen molar-refractivity contribution < 1.29 is 9.53 Å². The predicted molar refractivity (Wildman–Crippen MR) is 105 cm³/mol. The first-order valence-electron chi connectivity index (χ1n) is 8.93. The Labute approximate surface area is 161 Å². The number of fused-ring (bicyclic) bond motifs is 1. The van der Waals surface area contributed by atoms with E-state index in [2.05, 4.69) is 33.7 Å². The van der Waals surface area contributed by atoms with Crippen molar-refractivity contribution in [3.8, 4) is 11.8 Å². The van der Waals surface area contributed by atoms with Gasteiger partial charge < -0.3 is 15.0 Å². The van der Waals surface area contributed by atoms with Crippen LogP contribution in [0.5, 0.6) is 11.8 Å². The van der Waals surface area contributed by atoms with Gasteiger partial charge >= 0.3 is 12.0 Å². The molecule has 4 rings (SSSR count). The number of carbonyl (C=O) groups is 1. The van der Waals surface area contributed by atoms with Crippen LogP contribution in [0.15, 0.2) is 54.2 Å². The molecular formula is C20H20N4O2S. The van der Waals surface area contributed by atoms with E-state index in [9.17, 15) is 4.79 Å². The molecule has 2 amide bonds. The summed E-state index contributed by atoms with van der Waals surface area (Å²) in [6, 6.07) is 11.4. The Morgan fingerprint density at radius 2 is 2.15 bits per heavy atom. The van der Waals surface area contributed by atoms with Gasteiger partial charge in [-0.05, 0) is 48.1 Å². The molecule has 0 saturated heterocycles. The van der Waals surface area contributed by atoms with Gasteiger partial charge in [-0.3, -0.25) is 0 Å². The maximum absolute atomic E-state index is 12.9. The molecule has 1 atom stereocenters. The summed E-state index contributed by atoms with van der Waals surface area (Å²) in [7, 11) is 0. The number of amides is 2. The van der Waals surface area contributed by atoms with Crippen LogP contribution in [-0.4, -0.2) is 27.4 Å². The van der Waals surface area contributed by atoms with Crippen molar-refractivity contribution >= 4 is 23.1 Å². The van der Waals surface area contributed by atoms with Crippen LogP contribution in [0.25, 0.3) is 0 Å². The normalized spacial score (nSPS) is 15.9. The average Bonchev–Trinajstić information content (AvgIpc) is 3.17. The first-order valence-corrected chi connectivity index (χ1v) is 9.81. The van der Waals surface area contributed by atoms with E-state index in [-0.39, 0.29) is 18.1 Å². The Kier molecular flexibility index (Phi) is 5.02. The number of hydrogen-bond donors (Lipinski definition) is 1. The predicted octanol–water partition coefficient (Wildman–Crippen LogP) is 4.87. The minimum atomic E-state index is -0.0909. The van der Waals surface area contributed by atoms with Crippen molar-refractivity contribution in [1.82, 2.24) is 14.9 Å². The van der Waals surface area contributed by atoms with Gasteiger partial charge in [0.25, 0.3) is 0 Å². The first kappa shape index (κ1) is 17.5. The number of rotatable bonds is 4. The molecule has 1 N–H and O–H groups in total. The SMILES string of the molecule is CCC1c2ccsc2CCN1C(=O)Nc1cccc(Oc2ncccn2)c1. The lowest BCUT2D eigenvalue weighted by Gasteiger charge is -2.35. The zero-order chi connectivity index (χ0) is 18.6.